The first-order valence-electron chi connectivity index (χ1n) is 11.8. The fourth-order valence-electron chi connectivity index (χ4n) is 4.82. The first-order valence-corrected chi connectivity index (χ1v) is 12.6. The third-order valence-electron chi connectivity index (χ3n) is 6.71. The minimum absolute atomic E-state index is 0.00348. The second kappa shape index (κ2) is 11.2. The Hall–Kier alpha value is -2.57. The molecule has 1 aliphatic carbocycles. The highest BCUT2D eigenvalue weighted by Gasteiger charge is 2.32. The summed E-state index contributed by atoms with van der Waals surface area (Å²) in [4.78, 5) is 40.2. The van der Waals surface area contributed by atoms with Crippen molar-refractivity contribution < 1.29 is 14.4 Å². The lowest BCUT2D eigenvalue weighted by molar-refractivity contribution is -0.127. The largest absolute Gasteiger partial charge is 0.351 e. The highest BCUT2D eigenvalue weighted by molar-refractivity contribution is 6.35. The van der Waals surface area contributed by atoms with Gasteiger partial charge in [-0.15, -0.1) is 0 Å². The maximum absolute atomic E-state index is 13.0. The van der Waals surface area contributed by atoms with Gasteiger partial charge in [-0.1, -0.05) is 54.2 Å². The predicted molar refractivity (Wildman–Crippen MR) is 133 cm³/mol. The van der Waals surface area contributed by atoms with Crippen LogP contribution in [0.25, 0.3) is 0 Å². The van der Waals surface area contributed by atoms with Gasteiger partial charge in [0.25, 0.3) is 11.8 Å². The number of halogens is 2. The molecule has 2 N–H and O–H groups in total. The second-order valence-corrected chi connectivity index (χ2v) is 9.94. The van der Waals surface area contributed by atoms with E-state index in [0.29, 0.717) is 47.1 Å². The van der Waals surface area contributed by atoms with Crippen LogP contribution in [0.1, 0.15) is 59.2 Å². The molecule has 8 heteroatoms. The van der Waals surface area contributed by atoms with Crippen LogP contribution in [0.2, 0.25) is 10.0 Å². The molecule has 2 aromatic carbocycles. The topological polar surface area (TPSA) is 78.5 Å². The number of rotatable bonds is 5. The highest BCUT2D eigenvalue weighted by atomic mass is 35.5. The van der Waals surface area contributed by atoms with E-state index in [1.54, 1.807) is 35.2 Å². The molecule has 2 fully saturated rings. The Morgan fingerprint density at radius 1 is 0.765 bits per heavy atom. The molecule has 34 heavy (non-hydrogen) atoms. The SMILES string of the molecule is O=C(N[C@@H]1CCCC[C@H]1NC(=O)C1CCN(C(=O)c2cc(Cl)cc(Cl)c2)CC1)c1ccccc1. The summed E-state index contributed by atoms with van der Waals surface area (Å²) in [6, 6.07) is 13.8. The van der Waals surface area contributed by atoms with E-state index in [1.807, 2.05) is 18.2 Å². The molecule has 0 aromatic heterocycles. The average molecular weight is 502 g/mol. The van der Waals surface area contributed by atoms with Crippen molar-refractivity contribution in [3.8, 4) is 0 Å². The maximum Gasteiger partial charge on any atom is 0.253 e. The Balaban J connectivity index is 1.31. The van der Waals surface area contributed by atoms with Gasteiger partial charge in [0.2, 0.25) is 5.91 Å². The summed E-state index contributed by atoms with van der Waals surface area (Å²) in [6.45, 7) is 1.000. The molecule has 0 spiro atoms. The van der Waals surface area contributed by atoms with Crippen molar-refractivity contribution in [3.63, 3.8) is 0 Å². The quantitative estimate of drug-likeness (QED) is 0.622. The minimum Gasteiger partial charge on any atom is -0.351 e. The van der Waals surface area contributed by atoms with Gasteiger partial charge in [0.1, 0.15) is 0 Å². The number of hydrogen-bond acceptors (Lipinski definition) is 3. The maximum atomic E-state index is 13.0. The summed E-state index contributed by atoms with van der Waals surface area (Å²) in [7, 11) is 0. The summed E-state index contributed by atoms with van der Waals surface area (Å²) in [5.74, 6) is -0.387. The second-order valence-electron chi connectivity index (χ2n) is 9.07. The number of carbonyl (C=O) groups excluding carboxylic acids is 3. The Bertz CT molecular complexity index is 1020. The van der Waals surface area contributed by atoms with E-state index in [-0.39, 0.29) is 35.7 Å². The van der Waals surface area contributed by atoms with Crippen LogP contribution < -0.4 is 10.6 Å². The summed E-state index contributed by atoms with van der Waals surface area (Å²) in [5.41, 5.74) is 1.08. The molecule has 6 nitrogen and oxygen atoms in total. The number of nitrogens with zero attached hydrogens (tertiary/aromatic N) is 1. The van der Waals surface area contributed by atoms with Crippen LogP contribution in [-0.4, -0.2) is 47.8 Å². The van der Waals surface area contributed by atoms with Crippen molar-refractivity contribution in [2.45, 2.75) is 50.6 Å². The lowest BCUT2D eigenvalue weighted by Crippen LogP contribution is -2.55. The van der Waals surface area contributed by atoms with Crippen LogP contribution in [0.4, 0.5) is 0 Å². The number of piperidine rings is 1. The molecule has 0 unspecified atom stereocenters. The summed E-state index contributed by atoms with van der Waals surface area (Å²) >= 11 is 12.1. The molecular weight excluding hydrogens is 473 g/mol. The first kappa shape index (κ1) is 24.6. The van der Waals surface area contributed by atoms with Crippen molar-refractivity contribution in [2.24, 2.45) is 5.92 Å². The van der Waals surface area contributed by atoms with Gasteiger partial charge in [-0.3, -0.25) is 14.4 Å². The molecular formula is C26H29Cl2N3O3. The molecule has 2 aliphatic rings. The van der Waals surface area contributed by atoms with E-state index in [4.69, 9.17) is 23.2 Å². The fraction of sp³-hybridized carbons (Fsp3) is 0.423. The number of hydrogen-bond donors (Lipinski definition) is 2. The van der Waals surface area contributed by atoms with Gasteiger partial charge >= 0.3 is 0 Å². The van der Waals surface area contributed by atoms with Crippen LogP contribution in [-0.2, 0) is 4.79 Å². The van der Waals surface area contributed by atoms with Gasteiger partial charge in [-0.25, -0.2) is 0 Å². The van der Waals surface area contributed by atoms with Crippen LogP contribution in [0.15, 0.2) is 48.5 Å². The summed E-state index contributed by atoms with van der Waals surface area (Å²) < 4.78 is 0. The highest BCUT2D eigenvalue weighted by Crippen LogP contribution is 2.25. The van der Waals surface area contributed by atoms with Gasteiger partial charge in [0, 0.05) is 52.3 Å². The van der Waals surface area contributed by atoms with Crippen molar-refractivity contribution in [3.05, 3.63) is 69.7 Å². The van der Waals surface area contributed by atoms with Crippen molar-refractivity contribution in [1.82, 2.24) is 15.5 Å². The number of nitrogens with one attached hydrogen (secondary N) is 2. The molecule has 1 aliphatic heterocycles. The molecule has 1 saturated heterocycles. The molecule has 180 valence electrons. The summed E-state index contributed by atoms with van der Waals surface area (Å²) in [6.07, 6.45) is 4.94. The van der Waals surface area contributed by atoms with Crippen LogP contribution in [0, 0.1) is 5.92 Å². The standard InChI is InChI=1S/C26H29Cl2N3O3/c27-20-14-19(15-21(28)16-20)26(34)31-12-10-18(11-13-31)25(33)30-23-9-5-4-8-22(23)29-24(32)17-6-2-1-3-7-17/h1-3,6-7,14-16,18,22-23H,4-5,8-13H2,(H,29,32)(H,30,33)/t22-,23-/m1/s1. The number of carbonyl (C=O) groups is 3. The predicted octanol–water partition coefficient (Wildman–Crippen LogP) is 4.70. The van der Waals surface area contributed by atoms with Crippen LogP contribution >= 0.6 is 23.2 Å². The van der Waals surface area contributed by atoms with E-state index in [1.165, 1.54) is 0 Å². The van der Waals surface area contributed by atoms with Crippen LogP contribution in [0.3, 0.4) is 0 Å². The third-order valence-corrected chi connectivity index (χ3v) is 7.14. The van der Waals surface area contributed by atoms with E-state index >= 15 is 0 Å². The molecule has 0 radical (unpaired) electrons. The van der Waals surface area contributed by atoms with Crippen LogP contribution in [0.5, 0.6) is 0 Å². The van der Waals surface area contributed by atoms with Gasteiger partial charge < -0.3 is 15.5 Å². The first-order chi connectivity index (χ1) is 16.4. The van der Waals surface area contributed by atoms with Gasteiger partial charge in [0.05, 0.1) is 0 Å². The number of amides is 3. The number of likely N-dealkylation sites (tertiary alicyclic amines) is 1. The lowest BCUT2D eigenvalue weighted by atomic mass is 9.88. The Morgan fingerprint density at radius 3 is 1.97 bits per heavy atom. The molecule has 2 aromatic rings. The normalized spacial score (nSPS) is 21.1. The zero-order valence-corrected chi connectivity index (χ0v) is 20.4. The zero-order chi connectivity index (χ0) is 24.1. The Kier molecular flexibility index (Phi) is 8.11. The van der Waals surface area contributed by atoms with Crippen molar-refractivity contribution >= 4 is 40.9 Å². The molecule has 3 amide bonds. The van der Waals surface area contributed by atoms with Crippen molar-refractivity contribution in [1.29, 1.82) is 0 Å². The lowest BCUT2D eigenvalue weighted by Gasteiger charge is -2.36. The molecule has 1 saturated carbocycles. The Labute approximate surface area is 210 Å². The number of benzene rings is 2. The minimum atomic E-state index is -0.153. The van der Waals surface area contributed by atoms with Gasteiger partial charge in [-0.05, 0) is 56.0 Å². The third kappa shape index (κ3) is 6.10. The van der Waals surface area contributed by atoms with Gasteiger partial charge in [-0.2, -0.15) is 0 Å². The van der Waals surface area contributed by atoms with Crippen molar-refractivity contribution in [2.75, 3.05) is 13.1 Å². The Morgan fingerprint density at radius 2 is 1.35 bits per heavy atom. The molecule has 0 bridgehead atoms. The molecule has 4 rings (SSSR count). The van der Waals surface area contributed by atoms with E-state index in [9.17, 15) is 14.4 Å². The smallest absolute Gasteiger partial charge is 0.253 e. The van der Waals surface area contributed by atoms with E-state index in [0.717, 1.165) is 25.7 Å². The zero-order valence-electron chi connectivity index (χ0n) is 18.9. The fourth-order valence-corrected chi connectivity index (χ4v) is 5.35. The van der Waals surface area contributed by atoms with E-state index < -0.39 is 0 Å². The van der Waals surface area contributed by atoms with Gasteiger partial charge in [0.15, 0.2) is 0 Å². The monoisotopic (exact) mass is 501 g/mol. The average Bonchev–Trinajstić information content (AvgIpc) is 2.84. The summed E-state index contributed by atoms with van der Waals surface area (Å²) in [5, 5.41) is 7.15. The molecule has 1 heterocycles. The molecule has 2 atom stereocenters. The van der Waals surface area contributed by atoms with E-state index in [2.05, 4.69) is 10.6 Å².